The number of rotatable bonds is 8. The molecule has 0 bridgehead atoms. The van der Waals surface area contributed by atoms with Gasteiger partial charge in [0.2, 0.25) is 5.88 Å². The lowest BCUT2D eigenvalue weighted by atomic mass is 10.1. The van der Waals surface area contributed by atoms with Crippen molar-refractivity contribution < 1.29 is 19.0 Å². The first-order valence-electron chi connectivity index (χ1n) is 8.33. The van der Waals surface area contributed by atoms with Gasteiger partial charge in [-0.15, -0.1) is 0 Å². The van der Waals surface area contributed by atoms with Crippen molar-refractivity contribution in [2.75, 3.05) is 6.61 Å². The number of carbonyl (C=O) groups is 1. The molecule has 140 valence electrons. The first-order valence-corrected chi connectivity index (χ1v) is 9.08. The molecule has 5 nitrogen and oxygen atoms in total. The van der Waals surface area contributed by atoms with Crippen LogP contribution in [0.15, 0.2) is 30.5 Å². The number of carbonyl (C=O) groups excluding carboxylic acids is 1. The predicted octanol–water partition coefficient (Wildman–Crippen LogP) is 5.46. The monoisotopic (exact) mass is 397 g/mol. The highest BCUT2D eigenvalue weighted by atomic mass is 35.5. The van der Waals surface area contributed by atoms with Crippen LogP contribution < -0.4 is 9.47 Å². The minimum atomic E-state index is -0.261. The molecule has 26 heavy (non-hydrogen) atoms. The van der Waals surface area contributed by atoms with Gasteiger partial charge in [0.15, 0.2) is 0 Å². The number of hydrogen-bond acceptors (Lipinski definition) is 5. The molecule has 0 saturated carbocycles. The number of hydrogen-bond donors (Lipinski definition) is 0. The van der Waals surface area contributed by atoms with Crippen LogP contribution in [0.2, 0.25) is 10.0 Å². The van der Waals surface area contributed by atoms with Gasteiger partial charge in [-0.2, -0.15) is 0 Å². The molecule has 0 spiro atoms. The van der Waals surface area contributed by atoms with E-state index in [-0.39, 0.29) is 24.4 Å². The number of halogens is 2. The van der Waals surface area contributed by atoms with E-state index >= 15 is 0 Å². The minimum Gasteiger partial charge on any atom is -0.491 e. The molecular formula is C19H21Cl2NO4. The van der Waals surface area contributed by atoms with E-state index in [0.717, 1.165) is 5.56 Å². The number of esters is 1. The number of pyridine rings is 1. The third-order valence-electron chi connectivity index (χ3n) is 3.29. The molecular weight excluding hydrogens is 377 g/mol. The molecule has 0 atom stereocenters. The maximum Gasteiger partial charge on any atom is 0.306 e. The van der Waals surface area contributed by atoms with Crippen molar-refractivity contribution in [1.29, 1.82) is 0 Å². The van der Waals surface area contributed by atoms with Gasteiger partial charge in [-0.05, 0) is 44.9 Å². The van der Waals surface area contributed by atoms with Gasteiger partial charge in [-0.3, -0.25) is 4.79 Å². The van der Waals surface area contributed by atoms with Crippen molar-refractivity contribution in [3.63, 3.8) is 0 Å². The zero-order valence-corrected chi connectivity index (χ0v) is 16.4. The summed E-state index contributed by atoms with van der Waals surface area (Å²) in [6, 6.07) is 7.01. The molecule has 0 radical (unpaired) electrons. The molecule has 0 fully saturated rings. The van der Waals surface area contributed by atoms with Gasteiger partial charge in [-0.1, -0.05) is 29.3 Å². The molecule has 1 aromatic heterocycles. The zero-order valence-electron chi connectivity index (χ0n) is 14.9. The summed E-state index contributed by atoms with van der Waals surface area (Å²) in [5, 5.41) is 0.714. The lowest BCUT2D eigenvalue weighted by Crippen LogP contribution is -2.07. The Morgan fingerprint density at radius 3 is 2.65 bits per heavy atom. The average molecular weight is 398 g/mol. The normalized spacial score (nSPS) is 10.7. The van der Waals surface area contributed by atoms with Crippen LogP contribution in [0.25, 0.3) is 0 Å². The third kappa shape index (κ3) is 6.07. The molecule has 0 N–H and O–H groups in total. The fourth-order valence-corrected chi connectivity index (χ4v) is 2.65. The van der Waals surface area contributed by atoms with Crippen molar-refractivity contribution in [2.45, 2.75) is 39.7 Å². The molecule has 7 heteroatoms. The number of nitrogens with zero attached hydrogens (tertiary/aromatic N) is 1. The summed E-state index contributed by atoms with van der Waals surface area (Å²) < 4.78 is 16.6. The Kier molecular flexibility index (Phi) is 7.54. The van der Waals surface area contributed by atoms with Crippen LogP contribution >= 0.6 is 23.2 Å². The number of aromatic nitrogens is 1. The Hall–Kier alpha value is -1.98. The summed E-state index contributed by atoms with van der Waals surface area (Å²) in [5.74, 6) is 1.14. The molecule has 0 aliphatic carbocycles. The molecule has 0 amide bonds. The van der Waals surface area contributed by atoms with Gasteiger partial charge in [0.1, 0.15) is 16.5 Å². The van der Waals surface area contributed by atoms with Gasteiger partial charge in [0.25, 0.3) is 0 Å². The first-order chi connectivity index (χ1) is 12.4. The molecule has 2 aromatic rings. The van der Waals surface area contributed by atoms with Crippen molar-refractivity contribution in [2.24, 2.45) is 0 Å². The van der Waals surface area contributed by atoms with Crippen LogP contribution in [0.1, 0.15) is 32.8 Å². The van der Waals surface area contributed by atoms with Crippen LogP contribution in [0.4, 0.5) is 0 Å². The highest BCUT2D eigenvalue weighted by molar-refractivity contribution is 6.35. The highest BCUT2D eigenvalue weighted by Crippen LogP contribution is 2.34. The largest absolute Gasteiger partial charge is 0.491 e. The second-order valence-corrected chi connectivity index (χ2v) is 6.63. The molecule has 0 aliphatic heterocycles. The zero-order chi connectivity index (χ0) is 19.1. The Bertz CT molecular complexity index is 765. The number of benzene rings is 1. The second-order valence-electron chi connectivity index (χ2n) is 5.78. The van der Waals surface area contributed by atoms with E-state index in [4.69, 9.17) is 37.4 Å². The Morgan fingerprint density at radius 2 is 2.00 bits per heavy atom. The van der Waals surface area contributed by atoms with E-state index in [9.17, 15) is 4.79 Å². The number of ether oxygens (including phenoxy) is 3. The Balaban J connectivity index is 2.27. The summed E-state index contributed by atoms with van der Waals surface area (Å²) >= 11 is 12.0. The van der Waals surface area contributed by atoms with Crippen LogP contribution in [0.3, 0.4) is 0 Å². The van der Waals surface area contributed by atoms with E-state index in [0.29, 0.717) is 34.6 Å². The van der Waals surface area contributed by atoms with Gasteiger partial charge in [0.05, 0.1) is 17.7 Å². The summed E-state index contributed by atoms with van der Waals surface area (Å²) in [6.07, 6.45) is 2.18. The predicted molar refractivity (Wildman–Crippen MR) is 101 cm³/mol. The molecule has 2 rings (SSSR count). The average Bonchev–Trinajstić information content (AvgIpc) is 2.56. The highest BCUT2D eigenvalue weighted by Gasteiger charge is 2.13. The van der Waals surface area contributed by atoms with Crippen molar-refractivity contribution >= 4 is 29.2 Å². The van der Waals surface area contributed by atoms with Gasteiger partial charge in [0, 0.05) is 18.7 Å². The SMILES string of the molecule is CCOC(=O)CCc1ccc(OC(C)C)cc1Oc1ncc(Cl)cc1Cl. The topological polar surface area (TPSA) is 57.7 Å². The van der Waals surface area contributed by atoms with Gasteiger partial charge in [-0.25, -0.2) is 4.98 Å². The fourth-order valence-electron chi connectivity index (χ4n) is 2.23. The van der Waals surface area contributed by atoms with Crippen molar-refractivity contribution in [3.8, 4) is 17.4 Å². The third-order valence-corrected chi connectivity index (χ3v) is 3.77. The molecule has 0 aliphatic rings. The second kappa shape index (κ2) is 9.64. The lowest BCUT2D eigenvalue weighted by Gasteiger charge is -2.15. The van der Waals surface area contributed by atoms with Crippen molar-refractivity contribution in [1.82, 2.24) is 4.98 Å². The first kappa shape index (κ1) is 20.3. The summed E-state index contributed by atoms with van der Waals surface area (Å²) in [5.41, 5.74) is 0.821. The summed E-state index contributed by atoms with van der Waals surface area (Å²) in [7, 11) is 0. The fraction of sp³-hybridized carbons (Fsp3) is 0.368. The lowest BCUT2D eigenvalue weighted by molar-refractivity contribution is -0.143. The van der Waals surface area contributed by atoms with E-state index in [2.05, 4.69) is 4.98 Å². The quantitative estimate of drug-likeness (QED) is 0.553. The maximum atomic E-state index is 11.7. The van der Waals surface area contributed by atoms with Crippen LogP contribution in [-0.2, 0) is 16.0 Å². The molecule has 1 heterocycles. The maximum absolute atomic E-state index is 11.7. The van der Waals surface area contributed by atoms with E-state index in [1.54, 1.807) is 19.1 Å². The summed E-state index contributed by atoms with van der Waals surface area (Å²) in [4.78, 5) is 15.8. The van der Waals surface area contributed by atoms with Crippen LogP contribution in [0, 0.1) is 0 Å². The standard InChI is InChI=1S/C19H21Cl2NO4/c1-4-24-18(23)8-6-13-5-7-15(25-12(2)3)10-17(13)26-19-16(21)9-14(20)11-22-19/h5,7,9-12H,4,6,8H2,1-3H3. The molecule has 0 saturated heterocycles. The number of aryl methyl sites for hydroxylation is 1. The van der Waals surface area contributed by atoms with Gasteiger partial charge >= 0.3 is 5.97 Å². The minimum absolute atomic E-state index is 0.0190. The van der Waals surface area contributed by atoms with Gasteiger partial charge < -0.3 is 14.2 Å². The molecule has 1 aromatic carbocycles. The van der Waals surface area contributed by atoms with Crippen LogP contribution in [0.5, 0.6) is 17.4 Å². The molecule has 0 unspecified atom stereocenters. The van der Waals surface area contributed by atoms with E-state index in [1.807, 2.05) is 26.0 Å². The Labute approximate surface area is 163 Å². The van der Waals surface area contributed by atoms with E-state index < -0.39 is 0 Å². The van der Waals surface area contributed by atoms with Crippen molar-refractivity contribution in [3.05, 3.63) is 46.1 Å². The Morgan fingerprint density at radius 1 is 1.23 bits per heavy atom. The van der Waals surface area contributed by atoms with Crippen LogP contribution in [-0.4, -0.2) is 23.7 Å². The summed E-state index contributed by atoms with van der Waals surface area (Å²) in [6.45, 7) is 6.01. The smallest absolute Gasteiger partial charge is 0.306 e. The van der Waals surface area contributed by atoms with E-state index in [1.165, 1.54) is 6.20 Å².